The topological polar surface area (TPSA) is 112 Å². The number of likely N-dealkylation sites (tertiary alicyclic amines) is 2. The maximum Gasteiger partial charge on any atom is 0.248 e. The van der Waals surface area contributed by atoms with Gasteiger partial charge in [-0.05, 0) is 56.0 Å². The van der Waals surface area contributed by atoms with Crippen LogP contribution in [0.15, 0.2) is 30.3 Å². The van der Waals surface area contributed by atoms with Gasteiger partial charge in [0, 0.05) is 64.1 Å². The van der Waals surface area contributed by atoms with Gasteiger partial charge in [0.1, 0.15) is 6.61 Å². The third kappa shape index (κ3) is 10.2. The van der Waals surface area contributed by atoms with Crippen LogP contribution in [0.2, 0.25) is 0 Å². The second-order valence-electron chi connectivity index (χ2n) is 13.1. The summed E-state index contributed by atoms with van der Waals surface area (Å²) in [6.07, 6.45) is 2.75. The fourth-order valence-electron chi connectivity index (χ4n) is 7.45. The van der Waals surface area contributed by atoms with Gasteiger partial charge in [-0.3, -0.25) is 24.2 Å². The second-order valence-corrected chi connectivity index (χ2v) is 13.1. The Labute approximate surface area is 264 Å². The van der Waals surface area contributed by atoms with Gasteiger partial charge < -0.3 is 25.4 Å². The zero-order chi connectivity index (χ0) is 31.6. The molecule has 3 N–H and O–H groups in total. The van der Waals surface area contributed by atoms with Crippen LogP contribution < -0.4 is 16.0 Å². The molecule has 250 valence electrons. The summed E-state index contributed by atoms with van der Waals surface area (Å²) >= 11 is 0. The lowest BCUT2D eigenvalue weighted by Gasteiger charge is -2.39. The average molecular weight is 634 g/mol. The number of rotatable bonds is 3. The Hall–Kier alpha value is -2.67. The van der Waals surface area contributed by atoms with Gasteiger partial charge in [-0.2, -0.15) is 0 Å². The molecule has 1 aromatic carbocycles. The van der Waals surface area contributed by atoms with Crippen molar-refractivity contribution in [2.24, 2.45) is 11.8 Å². The molecule has 3 heterocycles. The van der Waals surface area contributed by atoms with Crippen LogP contribution in [0.4, 0.5) is 8.78 Å². The fourth-order valence-corrected chi connectivity index (χ4v) is 7.45. The number of nitrogens with zero attached hydrogens (tertiary/aromatic N) is 2. The van der Waals surface area contributed by atoms with Gasteiger partial charge in [0.2, 0.25) is 23.6 Å². The smallest absolute Gasteiger partial charge is 0.248 e. The van der Waals surface area contributed by atoms with Crippen LogP contribution in [0.3, 0.4) is 0 Å². The quantitative estimate of drug-likeness (QED) is 0.469. The lowest BCUT2D eigenvalue weighted by molar-refractivity contribution is -0.128. The second kappa shape index (κ2) is 16.2. The number of benzene rings is 1. The number of fused-ring (bicyclic) bond motifs is 3. The number of hydrogen-bond acceptors (Lipinski definition) is 7. The minimum Gasteiger partial charge on any atom is -0.377 e. The summed E-state index contributed by atoms with van der Waals surface area (Å²) in [5.41, 5.74) is 1.25. The molecule has 3 saturated heterocycles. The molecule has 3 aliphatic heterocycles. The van der Waals surface area contributed by atoms with Crippen LogP contribution in [0.25, 0.3) is 0 Å². The number of halogens is 2. The van der Waals surface area contributed by atoms with Crippen molar-refractivity contribution in [1.29, 1.82) is 0 Å². The molecule has 10 nitrogen and oxygen atoms in total. The number of carbonyl (C=O) groups excluding carboxylic acids is 3. The Bertz CT molecular complexity index is 1120. The van der Waals surface area contributed by atoms with Crippen LogP contribution >= 0.6 is 0 Å². The predicted octanol–water partition coefficient (Wildman–Crippen LogP) is 2.32. The number of piperidine rings is 1. The van der Waals surface area contributed by atoms with Gasteiger partial charge in [0.15, 0.2) is 0 Å². The zero-order valence-electron chi connectivity index (χ0n) is 26.2. The van der Waals surface area contributed by atoms with Gasteiger partial charge in [-0.1, -0.05) is 30.3 Å². The van der Waals surface area contributed by atoms with E-state index in [9.17, 15) is 23.2 Å². The first-order valence-corrected chi connectivity index (χ1v) is 16.6. The molecule has 0 spiro atoms. The number of nitrogens with one attached hydrogen (secondary N) is 3. The number of hydrogen-bond donors (Lipinski definition) is 3. The minimum atomic E-state index is -2.66. The summed E-state index contributed by atoms with van der Waals surface area (Å²) in [6, 6.07) is 9.45. The maximum atomic E-state index is 14.0. The lowest BCUT2D eigenvalue weighted by Crippen LogP contribution is -2.50. The van der Waals surface area contributed by atoms with Crippen LogP contribution in [0, 0.1) is 11.8 Å². The standard InChI is InChI=1S/C33H49F2N5O5/c34-33(35)10-6-28(7-11-33)40-22-27-19-29(40)32(43)37-12-8-26-21-39(20-24-4-2-1-3-5-24)14-9-25(26)18-30(41)36-13-15-44-16-17-45-23-31(42)38-27/h1-5,25-29H,6-23H2,(H,36,41)(H,37,43)(H,38,42)/t25-,26-,27+,29+/m0/s1. The first-order valence-electron chi connectivity index (χ1n) is 16.6. The Balaban J connectivity index is 1.25. The molecular weight excluding hydrogens is 584 g/mol. The SMILES string of the molecule is O=C1C[C@@H]2CCN(Cc3ccccc3)C[C@@H]2CCNC(=O)[C@H]2C[C@H](CN2C2CCC(F)(F)CC2)NC(=O)COCCOCCN1. The normalized spacial score (nSPS) is 30.8. The van der Waals surface area contributed by atoms with Crippen molar-refractivity contribution in [3.8, 4) is 0 Å². The molecule has 0 radical (unpaired) electrons. The molecule has 1 saturated carbocycles. The van der Waals surface area contributed by atoms with Gasteiger partial charge in [-0.25, -0.2) is 8.78 Å². The van der Waals surface area contributed by atoms with Crippen LogP contribution in [-0.2, 0) is 30.4 Å². The minimum absolute atomic E-state index is 0.00124. The third-order valence-electron chi connectivity index (χ3n) is 9.82. The van der Waals surface area contributed by atoms with Crippen molar-refractivity contribution in [2.75, 3.05) is 59.2 Å². The molecule has 4 fully saturated rings. The monoisotopic (exact) mass is 633 g/mol. The highest BCUT2D eigenvalue weighted by molar-refractivity contribution is 5.83. The van der Waals surface area contributed by atoms with E-state index in [0.29, 0.717) is 58.5 Å². The highest BCUT2D eigenvalue weighted by Gasteiger charge is 2.44. The van der Waals surface area contributed by atoms with Crippen LogP contribution in [0.5, 0.6) is 0 Å². The van der Waals surface area contributed by atoms with E-state index >= 15 is 0 Å². The highest BCUT2D eigenvalue weighted by atomic mass is 19.3. The van der Waals surface area contributed by atoms with E-state index in [1.807, 2.05) is 23.1 Å². The summed E-state index contributed by atoms with van der Waals surface area (Å²) in [5, 5.41) is 9.09. The Morgan fingerprint density at radius 2 is 1.62 bits per heavy atom. The summed E-state index contributed by atoms with van der Waals surface area (Å²) in [5.74, 6) is -2.65. The van der Waals surface area contributed by atoms with Crippen molar-refractivity contribution < 1.29 is 32.6 Å². The number of ether oxygens (including phenoxy) is 2. The molecule has 1 aliphatic carbocycles. The van der Waals surface area contributed by atoms with Crippen molar-refractivity contribution in [1.82, 2.24) is 25.8 Å². The molecule has 0 unspecified atom stereocenters. The first-order chi connectivity index (χ1) is 21.8. The van der Waals surface area contributed by atoms with E-state index in [1.165, 1.54) is 5.56 Å². The van der Waals surface area contributed by atoms with E-state index in [4.69, 9.17) is 9.47 Å². The molecule has 45 heavy (non-hydrogen) atoms. The molecule has 3 amide bonds. The first kappa shape index (κ1) is 33.7. The molecule has 12 heteroatoms. The molecule has 0 aromatic heterocycles. The summed E-state index contributed by atoms with van der Waals surface area (Å²) in [4.78, 5) is 43.6. The van der Waals surface area contributed by atoms with E-state index in [1.54, 1.807) is 0 Å². The number of carbonyl (C=O) groups is 3. The molecular formula is C33H49F2N5O5. The van der Waals surface area contributed by atoms with E-state index < -0.39 is 12.0 Å². The van der Waals surface area contributed by atoms with Crippen LogP contribution in [-0.4, -0.2) is 111 Å². The average Bonchev–Trinajstić information content (AvgIpc) is 3.43. The van der Waals surface area contributed by atoms with Gasteiger partial charge >= 0.3 is 0 Å². The van der Waals surface area contributed by atoms with E-state index in [2.05, 4.69) is 33.0 Å². The molecule has 1 aromatic rings. The zero-order valence-corrected chi connectivity index (χ0v) is 26.2. The molecule has 5 rings (SSSR count). The summed E-state index contributed by atoms with van der Waals surface area (Å²) < 4.78 is 39.0. The number of alkyl halides is 2. The predicted molar refractivity (Wildman–Crippen MR) is 164 cm³/mol. The van der Waals surface area contributed by atoms with Crippen molar-refractivity contribution in [2.45, 2.75) is 82.0 Å². The van der Waals surface area contributed by atoms with Gasteiger partial charge in [0.25, 0.3) is 0 Å². The molecule has 4 aliphatic rings. The number of amides is 3. The Morgan fingerprint density at radius 3 is 2.42 bits per heavy atom. The third-order valence-corrected chi connectivity index (χ3v) is 9.82. The van der Waals surface area contributed by atoms with Gasteiger partial charge in [0.05, 0.1) is 25.9 Å². The molecule has 4 atom stereocenters. The van der Waals surface area contributed by atoms with E-state index in [-0.39, 0.29) is 67.7 Å². The van der Waals surface area contributed by atoms with Crippen LogP contribution in [0.1, 0.15) is 56.9 Å². The lowest BCUT2D eigenvalue weighted by atomic mass is 9.80. The fraction of sp³-hybridized carbons (Fsp3) is 0.727. The van der Waals surface area contributed by atoms with Crippen molar-refractivity contribution >= 4 is 17.7 Å². The maximum absolute atomic E-state index is 14.0. The Kier molecular flexibility index (Phi) is 12.2. The van der Waals surface area contributed by atoms with Crippen molar-refractivity contribution in [3.63, 3.8) is 0 Å². The Morgan fingerprint density at radius 1 is 0.844 bits per heavy atom. The molecule has 2 bridgehead atoms. The van der Waals surface area contributed by atoms with E-state index in [0.717, 1.165) is 32.5 Å². The summed E-state index contributed by atoms with van der Waals surface area (Å²) in [6.45, 7) is 4.67. The van der Waals surface area contributed by atoms with Crippen molar-refractivity contribution in [3.05, 3.63) is 35.9 Å². The highest BCUT2D eigenvalue weighted by Crippen LogP contribution is 2.37. The summed E-state index contributed by atoms with van der Waals surface area (Å²) in [7, 11) is 0. The van der Waals surface area contributed by atoms with Gasteiger partial charge in [-0.15, -0.1) is 0 Å². The largest absolute Gasteiger partial charge is 0.377 e.